The fraction of sp³-hybridized carbons (Fsp3) is 0.312. The first-order valence-electron chi connectivity index (χ1n) is 13.6. The number of benzene rings is 3. The van der Waals surface area contributed by atoms with Gasteiger partial charge >= 0.3 is 5.97 Å². The van der Waals surface area contributed by atoms with Crippen molar-refractivity contribution in [1.29, 1.82) is 0 Å². The van der Waals surface area contributed by atoms with E-state index in [1.807, 2.05) is 27.7 Å². The molecule has 0 spiro atoms. The van der Waals surface area contributed by atoms with Crippen LogP contribution in [-0.2, 0) is 11.2 Å². The number of ether oxygens (including phenoxy) is 5. The largest absolute Gasteiger partial charge is 0.493 e. The molecule has 10 nitrogen and oxygen atoms in total. The number of aromatic nitrogens is 2. The van der Waals surface area contributed by atoms with E-state index >= 15 is 0 Å². The van der Waals surface area contributed by atoms with Crippen LogP contribution in [0.5, 0.6) is 28.7 Å². The first-order chi connectivity index (χ1) is 20.6. The van der Waals surface area contributed by atoms with Gasteiger partial charge in [-0.15, -0.1) is 0 Å². The summed E-state index contributed by atoms with van der Waals surface area (Å²) in [5, 5.41) is 10.5. The van der Waals surface area contributed by atoms with Crippen LogP contribution < -0.4 is 23.7 Å². The summed E-state index contributed by atoms with van der Waals surface area (Å²) in [6.07, 6.45) is -0.412. The molecule has 43 heavy (non-hydrogen) atoms. The van der Waals surface area contributed by atoms with Crippen molar-refractivity contribution in [2.24, 2.45) is 0 Å². The van der Waals surface area contributed by atoms with Crippen molar-refractivity contribution in [1.82, 2.24) is 8.75 Å². The zero-order valence-electron chi connectivity index (χ0n) is 25.1. The molecule has 0 radical (unpaired) electrons. The molecule has 3 aromatic carbocycles. The van der Waals surface area contributed by atoms with Gasteiger partial charge in [-0.2, -0.15) is 8.75 Å². The number of carbonyl (C=O) groups excluding carboxylic acids is 1. The van der Waals surface area contributed by atoms with Gasteiger partial charge in [0.15, 0.2) is 28.8 Å². The molecule has 0 bridgehead atoms. The Hall–Kier alpha value is -4.64. The van der Waals surface area contributed by atoms with Crippen molar-refractivity contribution in [2.45, 2.75) is 46.3 Å². The summed E-state index contributed by atoms with van der Waals surface area (Å²) in [5.41, 5.74) is 2.17. The molecule has 11 heteroatoms. The molecule has 0 saturated carbocycles. The number of carboxylic acid groups (broad SMARTS) is 1. The highest BCUT2D eigenvalue weighted by Crippen LogP contribution is 2.41. The first-order valence-corrected chi connectivity index (χ1v) is 14.3. The van der Waals surface area contributed by atoms with E-state index in [9.17, 15) is 14.7 Å². The van der Waals surface area contributed by atoms with Crippen molar-refractivity contribution >= 4 is 40.1 Å². The van der Waals surface area contributed by atoms with Gasteiger partial charge in [0.05, 0.1) is 50.8 Å². The van der Waals surface area contributed by atoms with Crippen LogP contribution in [0.2, 0.25) is 0 Å². The molecule has 4 rings (SSSR count). The van der Waals surface area contributed by atoms with Crippen molar-refractivity contribution in [3.8, 4) is 28.7 Å². The summed E-state index contributed by atoms with van der Waals surface area (Å²) >= 11 is 1.02. The van der Waals surface area contributed by atoms with Gasteiger partial charge in [-0.3, -0.25) is 4.79 Å². The number of ketones is 1. The minimum Gasteiger partial charge on any atom is -0.493 e. The molecular formula is C32H34N2O8S. The molecule has 226 valence electrons. The summed E-state index contributed by atoms with van der Waals surface area (Å²) in [4.78, 5) is 27.2. The molecule has 0 atom stereocenters. The third-order valence-electron chi connectivity index (χ3n) is 6.38. The predicted octanol–water partition coefficient (Wildman–Crippen LogP) is 6.26. The Morgan fingerprint density at radius 1 is 0.744 bits per heavy atom. The predicted molar refractivity (Wildman–Crippen MR) is 164 cm³/mol. The summed E-state index contributed by atoms with van der Waals surface area (Å²) in [6.45, 7) is 7.55. The lowest BCUT2D eigenvalue weighted by Gasteiger charge is -2.21. The van der Waals surface area contributed by atoms with Gasteiger partial charge in [0, 0.05) is 17.6 Å². The standard InChI is InChI=1S/C32H34N2O8S/c1-17(2)41-28-14-19(13-27(40-7)31(28)42-18(3)4)12-22(30(35)21-9-11-25(38-5)26(16-21)39-6)29(32(36)37)20-8-10-23-24(15-20)34-43-33-23/h8-11,13-18H,12H2,1-7H3,(H,36,37). The second kappa shape index (κ2) is 13.6. The lowest BCUT2D eigenvalue weighted by molar-refractivity contribution is -0.130. The molecule has 0 fully saturated rings. The fourth-order valence-corrected chi connectivity index (χ4v) is 5.10. The van der Waals surface area contributed by atoms with E-state index in [1.54, 1.807) is 42.5 Å². The zero-order valence-corrected chi connectivity index (χ0v) is 25.9. The number of fused-ring (bicyclic) bond motifs is 1. The zero-order chi connectivity index (χ0) is 31.3. The van der Waals surface area contributed by atoms with E-state index in [1.165, 1.54) is 27.4 Å². The van der Waals surface area contributed by atoms with Gasteiger partial charge in [0.1, 0.15) is 11.0 Å². The summed E-state index contributed by atoms with van der Waals surface area (Å²) in [7, 11) is 4.47. The molecule has 0 aliphatic carbocycles. The third-order valence-corrected chi connectivity index (χ3v) is 6.93. The molecule has 4 aromatic rings. The van der Waals surface area contributed by atoms with E-state index in [4.69, 9.17) is 23.7 Å². The van der Waals surface area contributed by atoms with Crippen LogP contribution in [0.15, 0.2) is 54.1 Å². The van der Waals surface area contributed by atoms with Crippen molar-refractivity contribution in [3.05, 3.63) is 70.8 Å². The minimum atomic E-state index is -1.27. The Balaban J connectivity index is 1.96. The number of aliphatic carboxylic acids is 1. The Morgan fingerprint density at radius 3 is 2.00 bits per heavy atom. The lowest BCUT2D eigenvalue weighted by Crippen LogP contribution is -2.15. The summed E-state index contributed by atoms with van der Waals surface area (Å²) in [6, 6.07) is 13.1. The quantitative estimate of drug-likeness (QED) is 0.138. The van der Waals surface area contributed by atoms with E-state index in [2.05, 4.69) is 8.75 Å². The fourth-order valence-electron chi connectivity index (χ4n) is 4.58. The Bertz CT molecular complexity index is 1680. The van der Waals surface area contributed by atoms with Gasteiger partial charge in [-0.1, -0.05) is 6.07 Å². The first kappa shape index (κ1) is 31.3. The lowest BCUT2D eigenvalue weighted by atomic mass is 9.89. The van der Waals surface area contributed by atoms with Crippen LogP contribution in [0.25, 0.3) is 16.6 Å². The van der Waals surface area contributed by atoms with Gasteiger partial charge < -0.3 is 28.8 Å². The number of allylic oxidation sites excluding steroid dienone is 1. The van der Waals surface area contributed by atoms with Gasteiger partial charge in [0.25, 0.3) is 0 Å². The second-order valence-corrected chi connectivity index (χ2v) is 10.7. The molecule has 0 amide bonds. The molecule has 1 N–H and O–H groups in total. The number of Topliss-reactive ketones (excluding diaryl/α,β-unsaturated/α-hetero) is 1. The number of hydrogen-bond donors (Lipinski definition) is 1. The number of nitrogens with zero attached hydrogens (tertiary/aromatic N) is 2. The van der Waals surface area contributed by atoms with Gasteiger partial charge in [-0.05, 0) is 81.3 Å². The monoisotopic (exact) mass is 606 g/mol. The number of hydrogen-bond acceptors (Lipinski definition) is 10. The van der Waals surface area contributed by atoms with Crippen LogP contribution in [0.3, 0.4) is 0 Å². The van der Waals surface area contributed by atoms with Crippen LogP contribution >= 0.6 is 11.7 Å². The molecule has 0 aliphatic rings. The molecule has 1 aromatic heterocycles. The van der Waals surface area contributed by atoms with Crippen molar-refractivity contribution < 1.29 is 38.4 Å². The summed E-state index contributed by atoms with van der Waals surface area (Å²) < 4.78 is 37.0. The molecule has 1 heterocycles. The highest BCUT2D eigenvalue weighted by molar-refractivity contribution is 7.00. The van der Waals surface area contributed by atoms with Crippen LogP contribution in [-0.4, -0.2) is 59.1 Å². The van der Waals surface area contributed by atoms with Gasteiger partial charge in [0.2, 0.25) is 5.75 Å². The maximum atomic E-state index is 14.2. The Labute approximate surface area is 254 Å². The van der Waals surface area contributed by atoms with Crippen LogP contribution in [0, 0.1) is 0 Å². The number of carboxylic acids is 1. The highest BCUT2D eigenvalue weighted by Gasteiger charge is 2.27. The number of rotatable bonds is 13. The molecule has 0 saturated heterocycles. The Kier molecular flexibility index (Phi) is 9.87. The third kappa shape index (κ3) is 7.06. The maximum absolute atomic E-state index is 14.2. The second-order valence-electron chi connectivity index (χ2n) is 10.2. The highest BCUT2D eigenvalue weighted by atomic mass is 32.1. The SMILES string of the molecule is COc1ccc(C(=O)C(Cc2cc(OC)c(OC(C)C)c(OC(C)C)c2)=C(C(=O)O)c2ccc3nsnc3c2)cc1OC. The number of methoxy groups -OCH3 is 3. The van der Waals surface area contributed by atoms with Crippen molar-refractivity contribution in [3.63, 3.8) is 0 Å². The summed E-state index contributed by atoms with van der Waals surface area (Å²) in [5.74, 6) is 0.245. The van der Waals surface area contributed by atoms with Crippen LogP contribution in [0.4, 0.5) is 0 Å². The Morgan fingerprint density at radius 2 is 1.37 bits per heavy atom. The molecule has 0 aliphatic heterocycles. The molecular weight excluding hydrogens is 572 g/mol. The van der Waals surface area contributed by atoms with Gasteiger partial charge in [-0.25, -0.2) is 4.79 Å². The molecule has 0 unspecified atom stereocenters. The number of carbonyl (C=O) groups is 2. The maximum Gasteiger partial charge on any atom is 0.336 e. The average Bonchev–Trinajstić information content (AvgIpc) is 3.44. The van der Waals surface area contributed by atoms with Crippen molar-refractivity contribution in [2.75, 3.05) is 21.3 Å². The smallest absolute Gasteiger partial charge is 0.336 e. The van der Waals surface area contributed by atoms with Crippen LogP contribution in [0.1, 0.15) is 49.2 Å². The van der Waals surface area contributed by atoms with E-state index in [0.29, 0.717) is 50.9 Å². The normalized spacial score (nSPS) is 11.8. The van der Waals surface area contributed by atoms with E-state index in [-0.39, 0.29) is 35.3 Å². The van der Waals surface area contributed by atoms with E-state index < -0.39 is 11.8 Å². The minimum absolute atomic E-state index is 0.0392. The average molecular weight is 607 g/mol. The van der Waals surface area contributed by atoms with E-state index in [0.717, 1.165) is 11.7 Å². The topological polar surface area (TPSA) is 126 Å².